The fourth-order valence-electron chi connectivity index (χ4n) is 1.53. The van der Waals surface area contributed by atoms with Crippen LogP contribution in [-0.2, 0) is 13.1 Å². The quantitative estimate of drug-likeness (QED) is 0.848. The normalized spacial score (nSPS) is 10.2. The van der Waals surface area contributed by atoms with Crippen LogP contribution in [0, 0.1) is 5.82 Å². The summed E-state index contributed by atoms with van der Waals surface area (Å²) in [6.07, 6.45) is 3.46. The predicted molar refractivity (Wildman–Crippen MR) is 65.9 cm³/mol. The first kappa shape index (κ1) is 11.5. The van der Waals surface area contributed by atoms with E-state index in [0.29, 0.717) is 18.8 Å². The fourth-order valence-corrected chi connectivity index (χ4v) is 1.53. The first-order chi connectivity index (χ1) is 8.29. The van der Waals surface area contributed by atoms with E-state index in [1.807, 2.05) is 18.2 Å². The van der Waals surface area contributed by atoms with Crippen molar-refractivity contribution in [2.24, 2.45) is 5.73 Å². The number of hydrogen-bond donors (Lipinski definition) is 2. The van der Waals surface area contributed by atoms with Crippen LogP contribution in [0.5, 0.6) is 0 Å². The van der Waals surface area contributed by atoms with Crippen molar-refractivity contribution < 1.29 is 4.39 Å². The van der Waals surface area contributed by atoms with Crippen LogP contribution in [0.2, 0.25) is 0 Å². The minimum Gasteiger partial charge on any atom is -0.379 e. The number of aromatic nitrogens is 1. The van der Waals surface area contributed by atoms with Crippen LogP contribution >= 0.6 is 0 Å². The monoisotopic (exact) mass is 231 g/mol. The molecule has 0 aliphatic rings. The van der Waals surface area contributed by atoms with Crippen molar-refractivity contribution in [3.63, 3.8) is 0 Å². The van der Waals surface area contributed by atoms with Gasteiger partial charge in [-0.15, -0.1) is 0 Å². The molecule has 88 valence electrons. The second-order valence-electron chi connectivity index (χ2n) is 3.73. The highest BCUT2D eigenvalue weighted by Gasteiger charge is 2.02. The number of nitrogens with two attached hydrogens (primary N) is 1. The van der Waals surface area contributed by atoms with Crippen LogP contribution in [0.3, 0.4) is 0 Å². The van der Waals surface area contributed by atoms with Crippen LogP contribution < -0.4 is 11.1 Å². The van der Waals surface area contributed by atoms with E-state index < -0.39 is 0 Å². The van der Waals surface area contributed by atoms with E-state index in [-0.39, 0.29) is 5.82 Å². The van der Waals surface area contributed by atoms with Crippen molar-refractivity contribution in [1.82, 2.24) is 4.98 Å². The molecule has 0 fully saturated rings. The summed E-state index contributed by atoms with van der Waals surface area (Å²) in [5, 5.41) is 3.02. The molecule has 0 aliphatic heterocycles. The number of nitrogens with one attached hydrogen (secondary N) is 1. The van der Waals surface area contributed by atoms with Gasteiger partial charge in [0.1, 0.15) is 5.82 Å². The summed E-state index contributed by atoms with van der Waals surface area (Å²) in [6.45, 7) is 0.895. The Bertz CT molecular complexity index is 485. The average Bonchev–Trinajstić information content (AvgIpc) is 2.38. The molecule has 17 heavy (non-hydrogen) atoms. The minimum atomic E-state index is -0.281. The van der Waals surface area contributed by atoms with Gasteiger partial charge < -0.3 is 11.1 Å². The van der Waals surface area contributed by atoms with Gasteiger partial charge in [-0.3, -0.25) is 4.98 Å². The zero-order valence-corrected chi connectivity index (χ0v) is 9.36. The van der Waals surface area contributed by atoms with Gasteiger partial charge >= 0.3 is 0 Å². The van der Waals surface area contributed by atoms with Crippen LogP contribution in [0.1, 0.15) is 11.1 Å². The lowest BCUT2D eigenvalue weighted by Crippen LogP contribution is -2.03. The van der Waals surface area contributed by atoms with Gasteiger partial charge in [0.15, 0.2) is 0 Å². The predicted octanol–water partition coefficient (Wildman–Crippen LogP) is 2.29. The van der Waals surface area contributed by atoms with E-state index >= 15 is 0 Å². The Morgan fingerprint density at radius 1 is 1.24 bits per heavy atom. The maximum Gasteiger partial charge on any atom is 0.146 e. The second kappa shape index (κ2) is 5.41. The Kier molecular flexibility index (Phi) is 3.67. The molecular formula is C13H14FN3. The SMILES string of the molecule is NCc1ccc(NCc2cccnc2)c(F)c1. The summed E-state index contributed by atoms with van der Waals surface area (Å²) in [5.41, 5.74) is 7.71. The number of hydrogen-bond acceptors (Lipinski definition) is 3. The molecule has 0 amide bonds. The topological polar surface area (TPSA) is 50.9 Å². The third-order valence-electron chi connectivity index (χ3n) is 2.47. The van der Waals surface area contributed by atoms with Crippen molar-refractivity contribution >= 4 is 5.69 Å². The van der Waals surface area contributed by atoms with Crippen LogP contribution in [0.15, 0.2) is 42.7 Å². The van der Waals surface area contributed by atoms with Crippen molar-refractivity contribution in [2.75, 3.05) is 5.32 Å². The lowest BCUT2D eigenvalue weighted by atomic mass is 10.2. The van der Waals surface area contributed by atoms with E-state index in [1.54, 1.807) is 18.5 Å². The molecule has 0 unspecified atom stereocenters. The first-order valence-electron chi connectivity index (χ1n) is 5.41. The molecule has 0 saturated carbocycles. The summed E-state index contributed by atoms with van der Waals surface area (Å²) < 4.78 is 13.6. The number of pyridine rings is 1. The number of nitrogens with zero attached hydrogens (tertiary/aromatic N) is 1. The Morgan fingerprint density at radius 3 is 2.76 bits per heavy atom. The number of rotatable bonds is 4. The van der Waals surface area contributed by atoms with E-state index in [0.717, 1.165) is 11.1 Å². The fraction of sp³-hybridized carbons (Fsp3) is 0.154. The van der Waals surface area contributed by atoms with Crippen molar-refractivity contribution in [1.29, 1.82) is 0 Å². The largest absolute Gasteiger partial charge is 0.379 e. The molecule has 3 nitrogen and oxygen atoms in total. The third kappa shape index (κ3) is 3.01. The number of anilines is 1. The highest BCUT2D eigenvalue weighted by molar-refractivity contribution is 5.46. The average molecular weight is 231 g/mol. The number of benzene rings is 1. The number of halogens is 1. The van der Waals surface area contributed by atoms with Gasteiger partial charge in [-0.1, -0.05) is 12.1 Å². The molecule has 1 heterocycles. The van der Waals surface area contributed by atoms with Gasteiger partial charge in [0.25, 0.3) is 0 Å². The van der Waals surface area contributed by atoms with Crippen LogP contribution in [-0.4, -0.2) is 4.98 Å². The molecule has 0 spiro atoms. The molecule has 2 aromatic rings. The molecule has 0 radical (unpaired) electrons. The zero-order chi connectivity index (χ0) is 12.1. The van der Waals surface area contributed by atoms with E-state index in [9.17, 15) is 4.39 Å². The lowest BCUT2D eigenvalue weighted by molar-refractivity contribution is 0.628. The summed E-state index contributed by atoms with van der Waals surface area (Å²) in [7, 11) is 0. The molecule has 0 bridgehead atoms. The van der Waals surface area contributed by atoms with Crippen molar-refractivity contribution in [2.45, 2.75) is 13.1 Å². The van der Waals surface area contributed by atoms with E-state index in [2.05, 4.69) is 10.3 Å². The third-order valence-corrected chi connectivity index (χ3v) is 2.47. The molecule has 1 aromatic heterocycles. The molecule has 1 aromatic carbocycles. The highest BCUT2D eigenvalue weighted by Crippen LogP contribution is 2.16. The van der Waals surface area contributed by atoms with Gasteiger partial charge in [-0.2, -0.15) is 0 Å². The molecule has 3 N–H and O–H groups in total. The summed E-state index contributed by atoms with van der Waals surface area (Å²) >= 11 is 0. The van der Waals surface area contributed by atoms with Gasteiger partial charge in [0, 0.05) is 25.5 Å². The Hall–Kier alpha value is -1.94. The molecule has 0 aliphatic carbocycles. The Morgan fingerprint density at radius 2 is 2.12 bits per heavy atom. The van der Waals surface area contributed by atoms with Crippen LogP contribution in [0.4, 0.5) is 10.1 Å². The van der Waals surface area contributed by atoms with E-state index in [1.165, 1.54) is 6.07 Å². The van der Waals surface area contributed by atoms with Gasteiger partial charge in [-0.25, -0.2) is 4.39 Å². The Balaban J connectivity index is 2.04. The zero-order valence-electron chi connectivity index (χ0n) is 9.36. The molecule has 4 heteroatoms. The second-order valence-corrected chi connectivity index (χ2v) is 3.73. The summed E-state index contributed by atoms with van der Waals surface area (Å²) in [4.78, 5) is 4.00. The summed E-state index contributed by atoms with van der Waals surface area (Å²) in [5.74, 6) is -0.281. The molecule has 2 rings (SSSR count). The molecular weight excluding hydrogens is 217 g/mol. The van der Waals surface area contributed by atoms with Crippen molar-refractivity contribution in [3.05, 3.63) is 59.7 Å². The van der Waals surface area contributed by atoms with Gasteiger partial charge in [-0.05, 0) is 29.3 Å². The lowest BCUT2D eigenvalue weighted by Gasteiger charge is -2.08. The van der Waals surface area contributed by atoms with Crippen LogP contribution in [0.25, 0.3) is 0 Å². The Labute approximate surface area is 99.5 Å². The maximum absolute atomic E-state index is 13.6. The first-order valence-corrected chi connectivity index (χ1v) is 5.41. The standard InChI is InChI=1S/C13H14FN3/c14-12-6-10(7-15)3-4-13(12)17-9-11-2-1-5-16-8-11/h1-6,8,17H,7,9,15H2. The van der Waals surface area contributed by atoms with Gasteiger partial charge in [0.05, 0.1) is 5.69 Å². The molecule has 0 atom stereocenters. The van der Waals surface area contributed by atoms with Gasteiger partial charge in [0.2, 0.25) is 0 Å². The smallest absolute Gasteiger partial charge is 0.146 e. The minimum absolute atomic E-state index is 0.281. The van der Waals surface area contributed by atoms with E-state index in [4.69, 9.17) is 5.73 Å². The van der Waals surface area contributed by atoms with Crippen molar-refractivity contribution in [3.8, 4) is 0 Å². The highest BCUT2D eigenvalue weighted by atomic mass is 19.1. The molecule has 0 saturated heterocycles. The summed E-state index contributed by atoms with van der Waals surface area (Å²) in [6, 6.07) is 8.76. The maximum atomic E-state index is 13.6.